The van der Waals surface area contributed by atoms with Crippen LogP contribution in [-0.4, -0.2) is 25.5 Å². The first-order valence-electron chi connectivity index (χ1n) is 6.64. The van der Waals surface area contributed by atoms with Crippen LogP contribution in [0.2, 0.25) is 0 Å². The molecule has 0 radical (unpaired) electrons. The minimum absolute atomic E-state index is 0.153. The van der Waals surface area contributed by atoms with Gasteiger partial charge in [-0.2, -0.15) is 0 Å². The highest BCUT2D eigenvalue weighted by molar-refractivity contribution is 5.82. The minimum Gasteiger partial charge on any atom is -0.355 e. The first kappa shape index (κ1) is 10.6. The van der Waals surface area contributed by atoms with E-state index in [9.17, 15) is 4.79 Å². The molecule has 0 spiro atoms. The highest BCUT2D eigenvalue weighted by Gasteiger charge is 2.54. The molecule has 3 heteroatoms. The van der Waals surface area contributed by atoms with Gasteiger partial charge < -0.3 is 10.6 Å². The van der Waals surface area contributed by atoms with Crippen LogP contribution in [0.25, 0.3) is 0 Å². The lowest BCUT2D eigenvalue weighted by atomic mass is 9.88. The quantitative estimate of drug-likeness (QED) is 0.752. The number of carbonyl (C=O) groups excluding carboxylic acids is 1. The van der Waals surface area contributed by atoms with Crippen molar-refractivity contribution in [1.29, 1.82) is 0 Å². The molecule has 1 saturated heterocycles. The van der Waals surface area contributed by atoms with Crippen LogP contribution in [0.4, 0.5) is 0 Å². The molecular weight excluding hydrogens is 200 g/mol. The molecule has 3 rings (SSSR count). The molecule has 3 aliphatic rings. The van der Waals surface area contributed by atoms with Crippen LogP contribution >= 0.6 is 0 Å². The average molecular weight is 222 g/mol. The van der Waals surface area contributed by atoms with Crippen LogP contribution < -0.4 is 10.6 Å². The van der Waals surface area contributed by atoms with E-state index < -0.39 is 0 Å². The number of hydrogen-bond acceptors (Lipinski definition) is 2. The van der Waals surface area contributed by atoms with Crippen molar-refractivity contribution in [2.45, 2.75) is 39.0 Å². The zero-order chi connectivity index (χ0) is 11.2. The summed E-state index contributed by atoms with van der Waals surface area (Å²) in [7, 11) is 0. The largest absolute Gasteiger partial charge is 0.355 e. The monoisotopic (exact) mass is 222 g/mol. The number of nitrogens with one attached hydrogen (secondary N) is 2. The number of amides is 1. The van der Waals surface area contributed by atoms with Gasteiger partial charge in [0.15, 0.2) is 0 Å². The first-order valence-corrected chi connectivity index (χ1v) is 6.64. The molecule has 0 aromatic heterocycles. The second-order valence-electron chi connectivity index (χ2n) is 6.31. The van der Waals surface area contributed by atoms with E-state index >= 15 is 0 Å². The van der Waals surface area contributed by atoms with E-state index in [0.717, 1.165) is 32.0 Å². The lowest BCUT2D eigenvalue weighted by Gasteiger charge is -2.24. The second kappa shape index (κ2) is 3.46. The molecule has 1 unspecified atom stereocenters. The molecule has 1 aliphatic heterocycles. The van der Waals surface area contributed by atoms with Crippen molar-refractivity contribution in [2.24, 2.45) is 16.7 Å². The lowest BCUT2D eigenvalue weighted by molar-refractivity contribution is -0.129. The molecule has 3 nitrogen and oxygen atoms in total. The number of hydrogen-bond donors (Lipinski definition) is 2. The molecule has 1 heterocycles. The highest BCUT2D eigenvalue weighted by atomic mass is 16.2. The van der Waals surface area contributed by atoms with Gasteiger partial charge in [0.2, 0.25) is 5.91 Å². The summed E-state index contributed by atoms with van der Waals surface area (Å²) in [4.78, 5) is 12.1. The maximum Gasteiger partial charge on any atom is 0.227 e. The van der Waals surface area contributed by atoms with E-state index in [-0.39, 0.29) is 11.3 Å². The van der Waals surface area contributed by atoms with Crippen LogP contribution in [0.3, 0.4) is 0 Å². The Kier molecular flexibility index (Phi) is 2.29. The van der Waals surface area contributed by atoms with Gasteiger partial charge >= 0.3 is 0 Å². The zero-order valence-corrected chi connectivity index (χ0v) is 10.1. The SMILES string of the molecule is CC1(C(=O)NCC2(C3CC3)CC2)CCNC1. The molecule has 2 saturated carbocycles. The lowest BCUT2D eigenvalue weighted by Crippen LogP contribution is -2.43. The van der Waals surface area contributed by atoms with E-state index in [1.807, 2.05) is 0 Å². The standard InChI is InChI=1S/C13H22N2O/c1-12(6-7-14-8-12)11(16)15-9-13(4-5-13)10-2-3-10/h10,14H,2-9H2,1H3,(H,15,16). The third-order valence-corrected chi connectivity index (χ3v) is 4.85. The number of carbonyl (C=O) groups is 1. The molecule has 2 N–H and O–H groups in total. The van der Waals surface area contributed by atoms with Gasteiger partial charge in [0.25, 0.3) is 0 Å². The Morgan fingerprint density at radius 3 is 2.62 bits per heavy atom. The molecule has 0 bridgehead atoms. The zero-order valence-electron chi connectivity index (χ0n) is 10.1. The topological polar surface area (TPSA) is 41.1 Å². The van der Waals surface area contributed by atoms with Crippen molar-refractivity contribution in [3.63, 3.8) is 0 Å². The fourth-order valence-electron chi connectivity index (χ4n) is 3.07. The van der Waals surface area contributed by atoms with Gasteiger partial charge in [-0.1, -0.05) is 0 Å². The predicted octanol–water partition coefficient (Wildman–Crippen LogP) is 1.29. The fourth-order valence-corrected chi connectivity index (χ4v) is 3.07. The van der Waals surface area contributed by atoms with Gasteiger partial charge in [-0.25, -0.2) is 0 Å². The summed E-state index contributed by atoms with van der Waals surface area (Å²) in [5.74, 6) is 1.20. The molecule has 0 aromatic carbocycles. The van der Waals surface area contributed by atoms with Gasteiger partial charge in [0, 0.05) is 13.1 Å². The number of rotatable bonds is 4. The van der Waals surface area contributed by atoms with Gasteiger partial charge in [-0.3, -0.25) is 4.79 Å². The van der Waals surface area contributed by atoms with Crippen molar-refractivity contribution in [2.75, 3.05) is 19.6 Å². The molecule has 1 amide bonds. The summed E-state index contributed by atoms with van der Waals surface area (Å²) in [5.41, 5.74) is 0.373. The average Bonchev–Trinajstić information content (AvgIpc) is 3.15. The maximum atomic E-state index is 12.1. The smallest absolute Gasteiger partial charge is 0.227 e. The van der Waals surface area contributed by atoms with Gasteiger partial charge in [-0.05, 0) is 56.9 Å². The Labute approximate surface area is 97.4 Å². The highest BCUT2D eigenvalue weighted by Crippen LogP contribution is 2.60. The summed E-state index contributed by atoms with van der Waals surface area (Å²) in [6.07, 6.45) is 6.46. The van der Waals surface area contributed by atoms with Crippen molar-refractivity contribution >= 4 is 5.91 Å². The molecule has 2 aliphatic carbocycles. The minimum atomic E-state index is -0.153. The first-order chi connectivity index (χ1) is 7.65. The van der Waals surface area contributed by atoms with E-state index in [2.05, 4.69) is 17.6 Å². The van der Waals surface area contributed by atoms with Crippen LogP contribution in [0.5, 0.6) is 0 Å². The van der Waals surface area contributed by atoms with Crippen molar-refractivity contribution in [3.05, 3.63) is 0 Å². The second-order valence-corrected chi connectivity index (χ2v) is 6.31. The molecule has 90 valence electrons. The maximum absolute atomic E-state index is 12.1. The summed E-state index contributed by atoms with van der Waals surface area (Å²) < 4.78 is 0. The van der Waals surface area contributed by atoms with Crippen molar-refractivity contribution in [3.8, 4) is 0 Å². The van der Waals surface area contributed by atoms with Crippen LogP contribution in [0, 0.1) is 16.7 Å². The predicted molar refractivity (Wildman–Crippen MR) is 63.0 cm³/mol. The molecule has 3 fully saturated rings. The van der Waals surface area contributed by atoms with Gasteiger partial charge in [0.1, 0.15) is 0 Å². The van der Waals surface area contributed by atoms with E-state index in [0.29, 0.717) is 5.41 Å². The van der Waals surface area contributed by atoms with Gasteiger partial charge in [0.05, 0.1) is 5.41 Å². The Bertz CT molecular complexity index is 299. The Balaban J connectivity index is 1.53. The van der Waals surface area contributed by atoms with Crippen LogP contribution in [0.1, 0.15) is 39.0 Å². The summed E-state index contributed by atoms with van der Waals surface area (Å²) in [5, 5.41) is 6.49. The van der Waals surface area contributed by atoms with Crippen molar-refractivity contribution < 1.29 is 4.79 Å². The van der Waals surface area contributed by atoms with E-state index in [4.69, 9.17) is 0 Å². The van der Waals surface area contributed by atoms with Crippen molar-refractivity contribution in [1.82, 2.24) is 10.6 Å². The normalized spacial score (nSPS) is 36.1. The van der Waals surface area contributed by atoms with E-state index in [1.165, 1.54) is 25.7 Å². The Morgan fingerprint density at radius 2 is 2.12 bits per heavy atom. The Hall–Kier alpha value is -0.570. The van der Waals surface area contributed by atoms with Crippen LogP contribution in [0.15, 0.2) is 0 Å². The summed E-state index contributed by atoms with van der Waals surface area (Å²) >= 11 is 0. The molecular formula is C13H22N2O. The molecule has 16 heavy (non-hydrogen) atoms. The molecule has 0 aromatic rings. The fraction of sp³-hybridized carbons (Fsp3) is 0.923. The third kappa shape index (κ3) is 1.75. The summed E-state index contributed by atoms with van der Waals surface area (Å²) in [6.45, 7) is 4.85. The Morgan fingerprint density at radius 1 is 1.38 bits per heavy atom. The van der Waals surface area contributed by atoms with E-state index in [1.54, 1.807) is 0 Å². The third-order valence-electron chi connectivity index (χ3n) is 4.85. The molecule has 1 atom stereocenters. The summed E-state index contributed by atoms with van der Waals surface area (Å²) in [6, 6.07) is 0. The van der Waals surface area contributed by atoms with Crippen LogP contribution in [-0.2, 0) is 4.79 Å². The van der Waals surface area contributed by atoms with Gasteiger partial charge in [-0.15, -0.1) is 0 Å².